The maximum Gasteiger partial charge on any atom is 0.334 e. The molecular weight excluding hydrogens is 346 g/mol. The number of urea groups is 1. The van der Waals surface area contributed by atoms with Crippen molar-refractivity contribution in [2.75, 3.05) is 11.9 Å². The Morgan fingerprint density at radius 1 is 1.04 bits per heavy atom. The van der Waals surface area contributed by atoms with Crippen LogP contribution in [0.15, 0.2) is 24.3 Å². The number of nitrogens with one attached hydrogen (secondary N) is 1. The molecule has 7 nitrogen and oxygen atoms in total. The van der Waals surface area contributed by atoms with E-state index in [2.05, 4.69) is 12.2 Å². The van der Waals surface area contributed by atoms with Crippen LogP contribution < -0.4 is 5.32 Å². The molecule has 0 atom stereocenters. The van der Waals surface area contributed by atoms with E-state index >= 15 is 0 Å². The average molecular weight is 371 g/mol. The fourth-order valence-corrected chi connectivity index (χ4v) is 3.71. The number of carbonyl (C=O) groups excluding carboxylic acids is 4. The molecule has 1 N–H and O–H groups in total. The van der Waals surface area contributed by atoms with E-state index in [1.165, 1.54) is 5.56 Å². The first-order chi connectivity index (χ1) is 13.0. The van der Waals surface area contributed by atoms with E-state index in [0.29, 0.717) is 5.69 Å². The van der Waals surface area contributed by atoms with Crippen molar-refractivity contribution >= 4 is 29.4 Å². The van der Waals surface area contributed by atoms with Gasteiger partial charge in [0.15, 0.2) is 0 Å². The minimum absolute atomic E-state index is 0.234. The molecule has 7 heteroatoms. The molecule has 27 heavy (non-hydrogen) atoms. The first-order valence-corrected chi connectivity index (χ1v) is 9.59. The van der Waals surface area contributed by atoms with E-state index in [1.54, 1.807) is 12.1 Å². The summed E-state index contributed by atoms with van der Waals surface area (Å²) in [5.74, 6) is -2.24. The Hall–Kier alpha value is -2.70. The SMILES string of the molecule is CCCc1ccc(NC(=O)CN2C(=O)C(=O)N(C3CCCCC3)C2=O)cc1. The van der Waals surface area contributed by atoms with Crippen LogP contribution in [0.5, 0.6) is 0 Å². The number of anilines is 1. The lowest BCUT2D eigenvalue weighted by Gasteiger charge is -2.28. The standard InChI is InChI=1S/C20H25N3O4/c1-2-6-14-9-11-15(12-10-14)21-17(24)13-22-18(25)19(26)23(20(22)27)16-7-4-3-5-8-16/h9-12,16H,2-8,13H2,1H3,(H,21,24). The molecule has 0 spiro atoms. The zero-order valence-electron chi connectivity index (χ0n) is 15.6. The van der Waals surface area contributed by atoms with Crippen molar-refractivity contribution in [3.63, 3.8) is 0 Å². The minimum Gasteiger partial charge on any atom is -0.325 e. The number of imide groups is 2. The largest absolute Gasteiger partial charge is 0.334 e. The molecule has 1 heterocycles. The fraction of sp³-hybridized carbons (Fsp3) is 0.500. The topological polar surface area (TPSA) is 86.8 Å². The van der Waals surface area contributed by atoms with Gasteiger partial charge in [-0.2, -0.15) is 0 Å². The Morgan fingerprint density at radius 2 is 1.70 bits per heavy atom. The predicted octanol–water partition coefficient (Wildman–Crippen LogP) is 2.70. The van der Waals surface area contributed by atoms with Gasteiger partial charge in [-0.1, -0.05) is 44.7 Å². The molecule has 0 radical (unpaired) electrons. The van der Waals surface area contributed by atoms with Crippen molar-refractivity contribution < 1.29 is 19.2 Å². The number of carbonyl (C=O) groups is 4. The van der Waals surface area contributed by atoms with Gasteiger partial charge < -0.3 is 5.32 Å². The van der Waals surface area contributed by atoms with Crippen LogP contribution >= 0.6 is 0 Å². The summed E-state index contributed by atoms with van der Waals surface area (Å²) in [7, 11) is 0. The highest BCUT2D eigenvalue weighted by Gasteiger charge is 2.48. The van der Waals surface area contributed by atoms with Gasteiger partial charge in [0.05, 0.1) is 0 Å². The highest BCUT2D eigenvalue weighted by molar-refractivity contribution is 6.45. The first kappa shape index (κ1) is 19.1. The molecule has 144 valence electrons. The summed E-state index contributed by atoms with van der Waals surface area (Å²) < 4.78 is 0. The molecule has 1 saturated carbocycles. The summed E-state index contributed by atoms with van der Waals surface area (Å²) >= 11 is 0. The van der Waals surface area contributed by atoms with Crippen LogP contribution in [0.2, 0.25) is 0 Å². The van der Waals surface area contributed by atoms with Crippen LogP contribution in [0.4, 0.5) is 10.5 Å². The van der Waals surface area contributed by atoms with Crippen LogP contribution in [0.3, 0.4) is 0 Å². The number of hydrogen-bond donors (Lipinski definition) is 1. The lowest BCUT2D eigenvalue weighted by atomic mass is 9.94. The maximum atomic E-state index is 12.6. The third-order valence-corrected chi connectivity index (χ3v) is 5.10. The third-order valence-electron chi connectivity index (χ3n) is 5.10. The van der Waals surface area contributed by atoms with E-state index in [0.717, 1.165) is 54.7 Å². The highest BCUT2D eigenvalue weighted by Crippen LogP contribution is 2.26. The number of amides is 5. The molecule has 1 aliphatic heterocycles. The van der Waals surface area contributed by atoms with Gasteiger partial charge in [-0.15, -0.1) is 0 Å². The molecule has 0 unspecified atom stereocenters. The van der Waals surface area contributed by atoms with Crippen LogP contribution in [-0.2, 0) is 20.8 Å². The van der Waals surface area contributed by atoms with E-state index in [-0.39, 0.29) is 6.04 Å². The first-order valence-electron chi connectivity index (χ1n) is 9.59. The molecule has 2 aliphatic rings. The van der Waals surface area contributed by atoms with Gasteiger partial charge in [0, 0.05) is 11.7 Å². The van der Waals surface area contributed by atoms with Crippen molar-refractivity contribution in [1.29, 1.82) is 0 Å². The predicted molar refractivity (Wildman–Crippen MR) is 99.9 cm³/mol. The number of hydrogen-bond acceptors (Lipinski definition) is 4. The monoisotopic (exact) mass is 371 g/mol. The Kier molecular flexibility index (Phi) is 5.88. The summed E-state index contributed by atoms with van der Waals surface area (Å²) in [6.45, 7) is 1.64. The van der Waals surface area contributed by atoms with Crippen LogP contribution in [0.1, 0.15) is 51.0 Å². The molecule has 1 aromatic carbocycles. The Balaban J connectivity index is 1.62. The second-order valence-electron chi connectivity index (χ2n) is 7.14. The van der Waals surface area contributed by atoms with E-state index in [9.17, 15) is 19.2 Å². The molecule has 1 saturated heterocycles. The summed E-state index contributed by atoms with van der Waals surface area (Å²) in [5.41, 5.74) is 1.77. The van der Waals surface area contributed by atoms with Gasteiger partial charge in [-0.25, -0.2) is 9.69 Å². The van der Waals surface area contributed by atoms with Gasteiger partial charge in [0.2, 0.25) is 5.91 Å². The molecule has 2 fully saturated rings. The van der Waals surface area contributed by atoms with Crippen molar-refractivity contribution in [1.82, 2.24) is 9.80 Å². The average Bonchev–Trinajstić information content (AvgIpc) is 2.87. The van der Waals surface area contributed by atoms with E-state index in [4.69, 9.17) is 0 Å². The number of rotatable bonds is 6. The lowest BCUT2D eigenvalue weighted by molar-refractivity contribution is -0.144. The molecule has 5 amide bonds. The fourth-order valence-electron chi connectivity index (χ4n) is 3.71. The molecule has 1 aromatic rings. The lowest BCUT2D eigenvalue weighted by Crippen LogP contribution is -2.43. The minimum atomic E-state index is -0.918. The summed E-state index contributed by atoms with van der Waals surface area (Å²) in [4.78, 5) is 51.1. The summed E-state index contributed by atoms with van der Waals surface area (Å²) in [6, 6.07) is 6.53. The molecule has 0 aromatic heterocycles. The molecule has 3 rings (SSSR count). The second kappa shape index (κ2) is 8.33. The van der Waals surface area contributed by atoms with Gasteiger partial charge in [0.25, 0.3) is 0 Å². The van der Waals surface area contributed by atoms with Crippen LogP contribution in [0.25, 0.3) is 0 Å². The van der Waals surface area contributed by atoms with Crippen LogP contribution in [-0.4, -0.2) is 46.1 Å². The Labute approximate surface area is 158 Å². The smallest absolute Gasteiger partial charge is 0.325 e. The van der Waals surface area contributed by atoms with Gasteiger partial charge in [-0.3, -0.25) is 19.3 Å². The van der Waals surface area contributed by atoms with E-state index < -0.39 is 30.3 Å². The van der Waals surface area contributed by atoms with E-state index in [1.807, 2.05) is 12.1 Å². The highest BCUT2D eigenvalue weighted by atomic mass is 16.2. The molecular formula is C20H25N3O4. The third kappa shape index (κ3) is 4.18. The quantitative estimate of drug-likeness (QED) is 0.615. The normalized spacial score (nSPS) is 18.3. The zero-order chi connectivity index (χ0) is 19.4. The second-order valence-corrected chi connectivity index (χ2v) is 7.14. The molecule has 1 aliphatic carbocycles. The van der Waals surface area contributed by atoms with Crippen molar-refractivity contribution in [3.05, 3.63) is 29.8 Å². The maximum absolute atomic E-state index is 12.6. The Morgan fingerprint density at radius 3 is 2.33 bits per heavy atom. The van der Waals surface area contributed by atoms with Crippen molar-refractivity contribution in [2.24, 2.45) is 0 Å². The van der Waals surface area contributed by atoms with Crippen molar-refractivity contribution in [3.8, 4) is 0 Å². The Bertz CT molecular complexity index is 738. The summed E-state index contributed by atoms with van der Waals surface area (Å²) in [5, 5.41) is 2.67. The summed E-state index contributed by atoms with van der Waals surface area (Å²) in [6.07, 6.45) is 6.38. The zero-order valence-corrected chi connectivity index (χ0v) is 15.6. The van der Waals surface area contributed by atoms with Gasteiger partial charge >= 0.3 is 17.8 Å². The number of nitrogens with zero attached hydrogens (tertiary/aromatic N) is 2. The number of aryl methyl sites for hydroxylation is 1. The van der Waals surface area contributed by atoms with Gasteiger partial charge in [0.1, 0.15) is 6.54 Å². The van der Waals surface area contributed by atoms with Gasteiger partial charge in [-0.05, 0) is 37.0 Å². The number of benzene rings is 1. The van der Waals surface area contributed by atoms with Crippen molar-refractivity contribution in [2.45, 2.75) is 57.9 Å². The van der Waals surface area contributed by atoms with Crippen LogP contribution in [0, 0.1) is 0 Å². The molecule has 0 bridgehead atoms.